The fraction of sp³-hybridized carbons (Fsp3) is 0.471. The molecule has 2 aliphatic rings. The zero-order valence-corrected chi connectivity index (χ0v) is 13.3. The summed E-state index contributed by atoms with van der Waals surface area (Å²) in [6.07, 6.45) is 2.66. The molecule has 1 aliphatic heterocycles. The summed E-state index contributed by atoms with van der Waals surface area (Å²) in [5, 5.41) is 12.0. The highest BCUT2D eigenvalue weighted by Gasteiger charge is 2.36. The van der Waals surface area contributed by atoms with Gasteiger partial charge < -0.3 is 19.9 Å². The number of rotatable bonds is 4. The van der Waals surface area contributed by atoms with Crippen molar-refractivity contribution in [3.63, 3.8) is 0 Å². The first-order valence-corrected chi connectivity index (χ1v) is 7.95. The molecule has 7 heteroatoms. The van der Waals surface area contributed by atoms with Gasteiger partial charge in [-0.2, -0.15) is 0 Å². The Balaban J connectivity index is 1.86. The number of fused-ring (bicyclic) bond motifs is 1. The van der Waals surface area contributed by atoms with Crippen LogP contribution in [0.1, 0.15) is 43.0 Å². The van der Waals surface area contributed by atoms with E-state index in [0.29, 0.717) is 35.6 Å². The molecule has 7 nitrogen and oxygen atoms in total. The van der Waals surface area contributed by atoms with Crippen LogP contribution >= 0.6 is 0 Å². The molecular formula is C17H19NO6. The van der Waals surface area contributed by atoms with Crippen LogP contribution in [0.25, 0.3) is 0 Å². The first-order chi connectivity index (χ1) is 11.5. The van der Waals surface area contributed by atoms with E-state index in [4.69, 9.17) is 9.47 Å². The molecule has 3 rings (SSSR count). The number of carboxylic acids is 1. The number of carbonyl (C=O) groups excluding carboxylic acids is 2. The van der Waals surface area contributed by atoms with E-state index in [1.165, 1.54) is 13.0 Å². The van der Waals surface area contributed by atoms with Crippen molar-refractivity contribution in [1.82, 2.24) is 0 Å². The van der Waals surface area contributed by atoms with Crippen LogP contribution in [0, 0.1) is 11.8 Å². The van der Waals surface area contributed by atoms with Crippen molar-refractivity contribution < 1.29 is 29.0 Å². The molecule has 1 aromatic carbocycles. The van der Waals surface area contributed by atoms with Crippen LogP contribution in [0.5, 0.6) is 11.5 Å². The third-order valence-corrected chi connectivity index (χ3v) is 4.57. The molecule has 1 saturated carbocycles. The van der Waals surface area contributed by atoms with Crippen molar-refractivity contribution >= 4 is 23.3 Å². The number of Topliss-reactive ketones (excluding diaryl/α,β-unsaturated/α-hetero) is 1. The Morgan fingerprint density at radius 1 is 1.08 bits per heavy atom. The van der Waals surface area contributed by atoms with Gasteiger partial charge in [0, 0.05) is 11.6 Å². The van der Waals surface area contributed by atoms with Crippen molar-refractivity contribution in [3.05, 3.63) is 17.7 Å². The fourth-order valence-electron chi connectivity index (χ4n) is 3.30. The molecule has 0 aromatic heterocycles. The smallest absolute Gasteiger partial charge is 0.307 e. The highest BCUT2D eigenvalue weighted by atomic mass is 16.7. The second kappa shape index (κ2) is 6.51. The van der Waals surface area contributed by atoms with Crippen LogP contribution in [0.15, 0.2) is 12.1 Å². The minimum Gasteiger partial charge on any atom is -0.481 e. The Morgan fingerprint density at radius 3 is 2.33 bits per heavy atom. The summed E-state index contributed by atoms with van der Waals surface area (Å²) in [5.41, 5.74) is 0.641. The lowest BCUT2D eigenvalue weighted by molar-refractivity contribution is -0.147. The summed E-state index contributed by atoms with van der Waals surface area (Å²) < 4.78 is 10.5. The first-order valence-electron chi connectivity index (χ1n) is 7.95. The van der Waals surface area contributed by atoms with Gasteiger partial charge in [-0.15, -0.1) is 0 Å². The van der Waals surface area contributed by atoms with Gasteiger partial charge >= 0.3 is 5.97 Å². The van der Waals surface area contributed by atoms with Gasteiger partial charge in [-0.3, -0.25) is 14.4 Å². The number of aliphatic carboxylic acids is 1. The van der Waals surface area contributed by atoms with Crippen LogP contribution < -0.4 is 14.8 Å². The molecule has 1 fully saturated rings. The predicted octanol–water partition coefficient (Wildman–Crippen LogP) is 2.45. The minimum atomic E-state index is -0.952. The quantitative estimate of drug-likeness (QED) is 0.821. The summed E-state index contributed by atoms with van der Waals surface area (Å²) in [7, 11) is 0. The zero-order valence-electron chi connectivity index (χ0n) is 13.3. The Bertz CT molecular complexity index is 699. The Hall–Kier alpha value is -2.57. The summed E-state index contributed by atoms with van der Waals surface area (Å²) >= 11 is 0. The maximum Gasteiger partial charge on any atom is 0.307 e. The Morgan fingerprint density at radius 2 is 1.71 bits per heavy atom. The minimum absolute atomic E-state index is 0.0633. The molecule has 1 heterocycles. The zero-order chi connectivity index (χ0) is 17.3. The lowest BCUT2D eigenvalue weighted by Gasteiger charge is -2.27. The molecule has 128 valence electrons. The number of hydrogen-bond acceptors (Lipinski definition) is 5. The normalized spacial score (nSPS) is 22.0. The number of anilines is 1. The van der Waals surface area contributed by atoms with Crippen LogP contribution in [0.3, 0.4) is 0 Å². The van der Waals surface area contributed by atoms with Crippen LogP contribution in [0.2, 0.25) is 0 Å². The van der Waals surface area contributed by atoms with E-state index >= 15 is 0 Å². The standard InChI is InChI=1S/C17H19NO6/c1-9(19)12-6-14-15(24-8-23-14)7-13(12)18-16(20)10-4-2-3-5-11(10)17(21)22/h6-7,10-11H,2-5,8H2,1H3,(H,18,20)(H,21,22)/t10-,11-/m1/s1. The average Bonchev–Trinajstić information content (AvgIpc) is 3.01. The van der Waals surface area contributed by atoms with Crippen LogP contribution in [0.4, 0.5) is 5.69 Å². The fourth-order valence-corrected chi connectivity index (χ4v) is 3.30. The summed E-state index contributed by atoms with van der Waals surface area (Å²) in [6, 6.07) is 3.09. The molecule has 1 amide bonds. The van der Waals surface area contributed by atoms with Crippen molar-refractivity contribution in [2.24, 2.45) is 11.8 Å². The van der Waals surface area contributed by atoms with Gasteiger partial charge in [0.15, 0.2) is 17.3 Å². The highest BCUT2D eigenvalue weighted by molar-refractivity contribution is 6.05. The van der Waals surface area contributed by atoms with Gasteiger partial charge in [0.2, 0.25) is 12.7 Å². The van der Waals surface area contributed by atoms with Crippen molar-refractivity contribution in [3.8, 4) is 11.5 Å². The monoisotopic (exact) mass is 333 g/mol. The average molecular weight is 333 g/mol. The molecule has 0 unspecified atom stereocenters. The first kappa shape index (κ1) is 16.3. The molecular weight excluding hydrogens is 314 g/mol. The number of ether oxygens (including phenoxy) is 2. The van der Waals surface area contributed by atoms with Crippen molar-refractivity contribution in [2.75, 3.05) is 12.1 Å². The summed E-state index contributed by atoms with van der Waals surface area (Å²) in [6.45, 7) is 1.46. The number of benzene rings is 1. The molecule has 1 aliphatic carbocycles. The highest BCUT2D eigenvalue weighted by Crippen LogP contribution is 2.38. The van der Waals surface area contributed by atoms with Gasteiger partial charge in [0.25, 0.3) is 0 Å². The van der Waals surface area contributed by atoms with E-state index in [1.807, 2.05) is 0 Å². The Labute approximate surface area is 138 Å². The number of hydrogen-bond donors (Lipinski definition) is 2. The second-order valence-corrected chi connectivity index (χ2v) is 6.13. The number of amides is 1. The van der Waals surface area contributed by atoms with E-state index in [2.05, 4.69) is 5.32 Å². The maximum absolute atomic E-state index is 12.6. The number of nitrogens with one attached hydrogen (secondary N) is 1. The van der Waals surface area contributed by atoms with Gasteiger partial charge in [0.05, 0.1) is 17.5 Å². The SMILES string of the molecule is CC(=O)c1cc2c(cc1NC(=O)[C@@H]1CCCC[C@H]1C(=O)O)OCO2. The van der Waals surface area contributed by atoms with Crippen molar-refractivity contribution in [1.29, 1.82) is 0 Å². The van der Waals surface area contributed by atoms with E-state index in [1.54, 1.807) is 6.07 Å². The molecule has 0 radical (unpaired) electrons. The summed E-state index contributed by atoms with van der Waals surface area (Å²) in [5.74, 6) is -1.92. The lowest BCUT2D eigenvalue weighted by atomic mass is 9.78. The number of carboxylic acid groups (broad SMARTS) is 1. The second-order valence-electron chi connectivity index (χ2n) is 6.13. The van der Waals surface area contributed by atoms with E-state index in [9.17, 15) is 19.5 Å². The largest absolute Gasteiger partial charge is 0.481 e. The van der Waals surface area contributed by atoms with E-state index in [-0.39, 0.29) is 18.5 Å². The number of carbonyl (C=O) groups is 3. The topological polar surface area (TPSA) is 102 Å². The van der Waals surface area contributed by atoms with Crippen LogP contribution in [-0.4, -0.2) is 29.6 Å². The molecule has 2 atom stereocenters. The molecule has 1 aromatic rings. The summed E-state index contributed by atoms with van der Waals surface area (Å²) in [4.78, 5) is 35.8. The molecule has 0 spiro atoms. The van der Waals surface area contributed by atoms with Crippen LogP contribution in [-0.2, 0) is 9.59 Å². The molecule has 0 saturated heterocycles. The van der Waals surface area contributed by atoms with Crippen molar-refractivity contribution in [2.45, 2.75) is 32.6 Å². The molecule has 0 bridgehead atoms. The predicted molar refractivity (Wildman–Crippen MR) is 84.3 cm³/mol. The third kappa shape index (κ3) is 3.06. The van der Waals surface area contributed by atoms with Gasteiger partial charge in [-0.05, 0) is 25.8 Å². The number of ketones is 1. The van der Waals surface area contributed by atoms with E-state index < -0.39 is 17.8 Å². The van der Waals surface area contributed by atoms with Gasteiger partial charge in [-0.1, -0.05) is 12.8 Å². The Kier molecular flexibility index (Phi) is 4.42. The van der Waals surface area contributed by atoms with Gasteiger partial charge in [-0.25, -0.2) is 0 Å². The lowest BCUT2D eigenvalue weighted by Crippen LogP contribution is -2.36. The third-order valence-electron chi connectivity index (χ3n) is 4.57. The van der Waals surface area contributed by atoms with Gasteiger partial charge in [0.1, 0.15) is 0 Å². The van der Waals surface area contributed by atoms with E-state index in [0.717, 1.165) is 12.8 Å². The molecule has 24 heavy (non-hydrogen) atoms. The maximum atomic E-state index is 12.6. The molecule has 2 N–H and O–H groups in total.